The van der Waals surface area contributed by atoms with Crippen LogP contribution in [0.1, 0.15) is 65.2 Å². The number of rotatable bonds is 4. The molecular weight excluding hydrogens is 208 g/mol. The second-order valence-electron chi connectivity index (χ2n) is 6.26. The van der Waals surface area contributed by atoms with E-state index in [1.54, 1.807) is 0 Å². The van der Waals surface area contributed by atoms with E-state index in [2.05, 4.69) is 24.1 Å². The molecule has 2 aliphatic rings. The molecule has 0 saturated carbocycles. The molecule has 2 atom stereocenters. The van der Waals surface area contributed by atoms with Crippen LogP contribution in [0.15, 0.2) is 0 Å². The lowest BCUT2D eigenvalue weighted by atomic mass is 9.84. The van der Waals surface area contributed by atoms with Gasteiger partial charge in [-0.1, -0.05) is 19.8 Å². The monoisotopic (exact) mass is 238 g/mol. The van der Waals surface area contributed by atoms with Gasteiger partial charge in [0, 0.05) is 11.6 Å². The second kappa shape index (κ2) is 6.19. The molecular formula is C15H30N2. The Labute approximate surface area is 107 Å². The van der Waals surface area contributed by atoms with Crippen molar-refractivity contribution in [1.29, 1.82) is 0 Å². The van der Waals surface area contributed by atoms with E-state index >= 15 is 0 Å². The molecule has 0 bridgehead atoms. The Morgan fingerprint density at radius 1 is 1.24 bits per heavy atom. The molecule has 2 saturated heterocycles. The van der Waals surface area contributed by atoms with Gasteiger partial charge in [-0.05, 0) is 65.1 Å². The molecule has 0 aromatic rings. The van der Waals surface area contributed by atoms with E-state index in [1.165, 1.54) is 71.0 Å². The van der Waals surface area contributed by atoms with Gasteiger partial charge in [-0.3, -0.25) is 0 Å². The molecule has 2 heteroatoms. The Hall–Kier alpha value is -0.0800. The lowest BCUT2D eigenvalue weighted by molar-refractivity contribution is 0.130. The van der Waals surface area contributed by atoms with Crippen molar-refractivity contribution in [3.05, 3.63) is 0 Å². The van der Waals surface area contributed by atoms with Crippen LogP contribution in [-0.2, 0) is 0 Å². The van der Waals surface area contributed by atoms with Gasteiger partial charge in [-0.15, -0.1) is 0 Å². The summed E-state index contributed by atoms with van der Waals surface area (Å²) in [5.74, 6) is 0. The average Bonchev–Trinajstić information content (AvgIpc) is 2.38. The lowest BCUT2D eigenvalue weighted by Gasteiger charge is -2.40. The molecule has 100 valence electrons. The van der Waals surface area contributed by atoms with E-state index < -0.39 is 0 Å². The van der Waals surface area contributed by atoms with Crippen molar-refractivity contribution >= 4 is 0 Å². The first-order valence-corrected chi connectivity index (χ1v) is 7.72. The highest BCUT2D eigenvalue weighted by molar-refractivity contribution is 4.88. The first-order chi connectivity index (χ1) is 8.23. The fraction of sp³-hybridized carbons (Fsp3) is 1.00. The Morgan fingerprint density at radius 3 is 2.82 bits per heavy atom. The third-order valence-electron chi connectivity index (χ3n) is 4.89. The van der Waals surface area contributed by atoms with E-state index in [4.69, 9.17) is 0 Å². The largest absolute Gasteiger partial charge is 0.312 e. The highest BCUT2D eigenvalue weighted by Gasteiger charge is 2.28. The molecule has 0 radical (unpaired) electrons. The zero-order valence-corrected chi connectivity index (χ0v) is 11.8. The van der Waals surface area contributed by atoms with Crippen LogP contribution in [0.3, 0.4) is 0 Å². The molecule has 0 aromatic carbocycles. The average molecular weight is 238 g/mol. The van der Waals surface area contributed by atoms with Gasteiger partial charge in [0.05, 0.1) is 0 Å². The summed E-state index contributed by atoms with van der Waals surface area (Å²) in [7, 11) is 0. The minimum Gasteiger partial charge on any atom is -0.312 e. The summed E-state index contributed by atoms with van der Waals surface area (Å²) in [5, 5.41) is 3.75. The van der Waals surface area contributed by atoms with Gasteiger partial charge in [0.25, 0.3) is 0 Å². The van der Waals surface area contributed by atoms with Crippen LogP contribution in [-0.4, -0.2) is 36.1 Å². The Morgan fingerprint density at radius 2 is 2.12 bits per heavy atom. The normalized spacial score (nSPS) is 36.0. The van der Waals surface area contributed by atoms with Crippen molar-refractivity contribution in [2.24, 2.45) is 0 Å². The van der Waals surface area contributed by atoms with Crippen LogP contribution in [0.5, 0.6) is 0 Å². The predicted octanol–water partition coefficient (Wildman–Crippen LogP) is 3.17. The Balaban J connectivity index is 1.79. The lowest BCUT2D eigenvalue weighted by Crippen LogP contribution is -2.47. The number of likely N-dealkylation sites (tertiary alicyclic amines) is 1. The minimum atomic E-state index is 0.440. The van der Waals surface area contributed by atoms with Crippen molar-refractivity contribution in [2.75, 3.05) is 19.6 Å². The highest BCUT2D eigenvalue weighted by atomic mass is 15.2. The number of nitrogens with one attached hydrogen (secondary N) is 1. The van der Waals surface area contributed by atoms with E-state index in [1.807, 2.05) is 0 Å². The maximum atomic E-state index is 3.75. The smallest absolute Gasteiger partial charge is 0.0153 e. The Bertz CT molecular complexity index is 221. The van der Waals surface area contributed by atoms with E-state index in [0.717, 1.165) is 6.04 Å². The molecule has 2 heterocycles. The molecule has 2 rings (SSSR count). The topological polar surface area (TPSA) is 15.3 Å². The van der Waals surface area contributed by atoms with Crippen LogP contribution in [0.4, 0.5) is 0 Å². The SMILES string of the molecule is CCN1CCCCC1CCC1(C)CCCCN1. The summed E-state index contributed by atoms with van der Waals surface area (Å²) in [6.07, 6.45) is 11.2. The molecule has 2 fully saturated rings. The zero-order chi connectivity index (χ0) is 12.1. The van der Waals surface area contributed by atoms with E-state index in [-0.39, 0.29) is 0 Å². The summed E-state index contributed by atoms with van der Waals surface area (Å²) >= 11 is 0. The van der Waals surface area contributed by atoms with Gasteiger partial charge in [-0.2, -0.15) is 0 Å². The quantitative estimate of drug-likeness (QED) is 0.809. The molecule has 0 aliphatic carbocycles. The van der Waals surface area contributed by atoms with Crippen molar-refractivity contribution in [3.8, 4) is 0 Å². The number of nitrogens with zero attached hydrogens (tertiary/aromatic N) is 1. The maximum Gasteiger partial charge on any atom is 0.0153 e. The summed E-state index contributed by atoms with van der Waals surface area (Å²) in [6.45, 7) is 8.57. The van der Waals surface area contributed by atoms with E-state index in [0.29, 0.717) is 5.54 Å². The maximum absolute atomic E-state index is 3.75. The van der Waals surface area contributed by atoms with Crippen LogP contribution >= 0.6 is 0 Å². The van der Waals surface area contributed by atoms with Crippen LogP contribution < -0.4 is 5.32 Å². The first kappa shape index (κ1) is 13.4. The fourth-order valence-electron chi connectivity index (χ4n) is 3.62. The highest BCUT2D eigenvalue weighted by Crippen LogP contribution is 2.28. The third kappa shape index (κ3) is 3.69. The van der Waals surface area contributed by atoms with Crippen molar-refractivity contribution < 1.29 is 0 Å². The van der Waals surface area contributed by atoms with Gasteiger partial charge < -0.3 is 10.2 Å². The predicted molar refractivity (Wildman–Crippen MR) is 74.4 cm³/mol. The van der Waals surface area contributed by atoms with Gasteiger partial charge in [0.2, 0.25) is 0 Å². The third-order valence-corrected chi connectivity index (χ3v) is 4.89. The molecule has 17 heavy (non-hydrogen) atoms. The molecule has 2 aliphatic heterocycles. The van der Waals surface area contributed by atoms with Crippen molar-refractivity contribution in [2.45, 2.75) is 76.8 Å². The molecule has 2 nitrogen and oxygen atoms in total. The molecule has 0 aromatic heterocycles. The standard InChI is InChI=1S/C15H30N2/c1-3-17-13-7-4-8-14(17)9-11-15(2)10-5-6-12-16-15/h14,16H,3-13H2,1-2H3. The summed E-state index contributed by atoms with van der Waals surface area (Å²) in [5.41, 5.74) is 0.440. The van der Waals surface area contributed by atoms with Gasteiger partial charge in [0.1, 0.15) is 0 Å². The number of hydrogen-bond acceptors (Lipinski definition) is 2. The van der Waals surface area contributed by atoms with Crippen molar-refractivity contribution in [1.82, 2.24) is 10.2 Å². The van der Waals surface area contributed by atoms with E-state index in [9.17, 15) is 0 Å². The van der Waals surface area contributed by atoms with Crippen LogP contribution in [0.2, 0.25) is 0 Å². The molecule has 1 N–H and O–H groups in total. The summed E-state index contributed by atoms with van der Waals surface area (Å²) < 4.78 is 0. The second-order valence-corrected chi connectivity index (χ2v) is 6.26. The van der Waals surface area contributed by atoms with Crippen LogP contribution in [0.25, 0.3) is 0 Å². The molecule has 2 unspecified atom stereocenters. The van der Waals surface area contributed by atoms with Gasteiger partial charge in [-0.25, -0.2) is 0 Å². The number of piperidine rings is 2. The minimum absolute atomic E-state index is 0.440. The number of hydrogen-bond donors (Lipinski definition) is 1. The molecule has 0 amide bonds. The molecule has 0 spiro atoms. The fourth-order valence-corrected chi connectivity index (χ4v) is 3.62. The van der Waals surface area contributed by atoms with Gasteiger partial charge in [0.15, 0.2) is 0 Å². The van der Waals surface area contributed by atoms with Gasteiger partial charge >= 0.3 is 0 Å². The summed E-state index contributed by atoms with van der Waals surface area (Å²) in [4.78, 5) is 2.70. The zero-order valence-electron chi connectivity index (χ0n) is 11.8. The van der Waals surface area contributed by atoms with Crippen LogP contribution in [0, 0.1) is 0 Å². The van der Waals surface area contributed by atoms with Crippen molar-refractivity contribution in [3.63, 3.8) is 0 Å². The summed E-state index contributed by atoms with van der Waals surface area (Å²) in [6, 6.07) is 0.870. The first-order valence-electron chi connectivity index (χ1n) is 7.72. The Kier molecular flexibility index (Phi) is 4.87.